The van der Waals surface area contributed by atoms with Gasteiger partial charge < -0.3 is 5.11 Å². The van der Waals surface area contributed by atoms with E-state index in [0.29, 0.717) is 0 Å². The van der Waals surface area contributed by atoms with Gasteiger partial charge in [0.2, 0.25) is 0 Å². The van der Waals surface area contributed by atoms with Gasteiger partial charge in [0, 0.05) is 0 Å². The van der Waals surface area contributed by atoms with Gasteiger partial charge in [-0.2, -0.15) is 0 Å². The third kappa shape index (κ3) is 3.07. The van der Waals surface area contributed by atoms with Gasteiger partial charge in [-0.05, 0) is 37.0 Å². The average Bonchev–Trinajstić information content (AvgIpc) is 2.30. The Morgan fingerprint density at radius 3 is 2.62 bits per heavy atom. The van der Waals surface area contributed by atoms with Crippen LogP contribution in [0.2, 0.25) is 0 Å². The zero-order valence-corrected chi connectivity index (χ0v) is 10.3. The normalized spacial score (nSPS) is 14.4. The number of aliphatic hydroxyl groups excluding tert-OH is 1. The van der Waals surface area contributed by atoms with Gasteiger partial charge in [-0.1, -0.05) is 49.4 Å². The Balaban J connectivity index is 3.00. The number of aliphatic hydroxyl groups is 1. The van der Waals surface area contributed by atoms with Crippen molar-refractivity contribution >= 4 is 0 Å². The maximum Gasteiger partial charge on any atom is 0.101 e. The third-order valence-corrected chi connectivity index (χ3v) is 2.75. The van der Waals surface area contributed by atoms with Crippen LogP contribution in [0.4, 0.5) is 0 Å². The van der Waals surface area contributed by atoms with Gasteiger partial charge in [-0.3, -0.25) is 0 Å². The number of hydrogen-bond acceptors (Lipinski definition) is 1. The fourth-order valence-corrected chi connectivity index (χ4v) is 1.72. The van der Waals surface area contributed by atoms with Crippen LogP contribution in [0.1, 0.15) is 37.5 Å². The van der Waals surface area contributed by atoms with Crippen LogP contribution in [0.5, 0.6) is 0 Å². The van der Waals surface area contributed by atoms with E-state index in [0.717, 1.165) is 23.1 Å². The summed E-state index contributed by atoms with van der Waals surface area (Å²) in [5.41, 5.74) is 3.18. The van der Waals surface area contributed by atoms with Gasteiger partial charge in [-0.15, -0.1) is 0 Å². The van der Waals surface area contributed by atoms with Crippen LogP contribution >= 0.6 is 0 Å². The minimum atomic E-state index is -0.484. The summed E-state index contributed by atoms with van der Waals surface area (Å²) in [6, 6.07) is 7.97. The maximum atomic E-state index is 10.3. The van der Waals surface area contributed by atoms with Crippen molar-refractivity contribution < 1.29 is 5.11 Å². The summed E-state index contributed by atoms with van der Waals surface area (Å²) in [6.45, 7) is 6.07. The standard InChI is InChI=1S/C15H20O/c1-4-6-10-13(5-2)15(16)14-11-8-7-9-12(14)3/h4,6-11,15-16H,5H2,1-3H3/b6-4-,13-10+. The van der Waals surface area contributed by atoms with Gasteiger partial charge in [0.1, 0.15) is 6.10 Å². The number of allylic oxidation sites excluding steroid dienone is 3. The van der Waals surface area contributed by atoms with Crippen LogP contribution in [0.25, 0.3) is 0 Å². The molecule has 0 radical (unpaired) electrons. The van der Waals surface area contributed by atoms with E-state index < -0.39 is 6.10 Å². The smallest absolute Gasteiger partial charge is 0.101 e. The molecule has 0 amide bonds. The minimum absolute atomic E-state index is 0.484. The molecule has 0 bridgehead atoms. The van der Waals surface area contributed by atoms with E-state index in [-0.39, 0.29) is 0 Å². The lowest BCUT2D eigenvalue weighted by molar-refractivity contribution is 0.211. The first kappa shape index (κ1) is 12.7. The van der Waals surface area contributed by atoms with Crippen molar-refractivity contribution in [2.45, 2.75) is 33.3 Å². The second-order valence-corrected chi connectivity index (χ2v) is 3.88. The molecule has 1 heteroatoms. The second-order valence-electron chi connectivity index (χ2n) is 3.88. The predicted molar refractivity (Wildman–Crippen MR) is 69.3 cm³/mol. The molecule has 0 aromatic heterocycles. The second kappa shape index (κ2) is 6.29. The SMILES string of the molecule is C/C=C\C=C(/CC)C(O)c1ccccc1C. The molecule has 1 nitrogen and oxygen atoms in total. The van der Waals surface area contributed by atoms with Gasteiger partial charge in [0.15, 0.2) is 0 Å². The highest BCUT2D eigenvalue weighted by molar-refractivity contribution is 5.33. The summed E-state index contributed by atoms with van der Waals surface area (Å²) in [5, 5.41) is 10.3. The van der Waals surface area contributed by atoms with E-state index >= 15 is 0 Å². The van der Waals surface area contributed by atoms with Crippen molar-refractivity contribution in [1.82, 2.24) is 0 Å². The van der Waals surface area contributed by atoms with Gasteiger partial charge >= 0.3 is 0 Å². The number of rotatable bonds is 4. The first-order valence-corrected chi connectivity index (χ1v) is 5.76. The van der Waals surface area contributed by atoms with Crippen molar-refractivity contribution in [3.63, 3.8) is 0 Å². The van der Waals surface area contributed by atoms with Crippen molar-refractivity contribution in [2.24, 2.45) is 0 Å². The third-order valence-electron chi connectivity index (χ3n) is 2.75. The summed E-state index contributed by atoms with van der Waals surface area (Å²) in [6.07, 6.45) is 6.32. The fraction of sp³-hybridized carbons (Fsp3) is 0.333. The van der Waals surface area contributed by atoms with E-state index in [9.17, 15) is 5.11 Å². The lowest BCUT2D eigenvalue weighted by Gasteiger charge is -2.16. The molecule has 1 aromatic rings. The lowest BCUT2D eigenvalue weighted by atomic mass is 9.96. The quantitative estimate of drug-likeness (QED) is 0.756. The maximum absolute atomic E-state index is 10.3. The van der Waals surface area contributed by atoms with Crippen LogP contribution in [0.15, 0.2) is 48.1 Å². The Kier molecular flexibility index (Phi) is 5.00. The lowest BCUT2D eigenvalue weighted by Crippen LogP contribution is -2.02. The molecular weight excluding hydrogens is 196 g/mol. The molecule has 0 heterocycles. The molecule has 0 saturated carbocycles. The average molecular weight is 216 g/mol. The number of benzene rings is 1. The Morgan fingerprint density at radius 1 is 1.38 bits per heavy atom. The van der Waals surface area contributed by atoms with E-state index in [1.807, 2.05) is 56.3 Å². The van der Waals surface area contributed by atoms with E-state index in [1.54, 1.807) is 0 Å². The summed E-state index contributed by atoms with van der Waals surface area (Å²) in [7, 11) is 0. The summed E-state index contributed by atoms with van der Waals surface area (Å²) in [4.78, 5) is 0. The molecular formula is C15H20O. The molecule has 1 atom stereocenters. The highest BCUT2D eigenvalue weighted by Crippen LogP contribution is 2.26. The Bertz CT molecular complexity index is 388. The molecule has 1 aromatic carbocycles. The van der Waals surface area contributed by atoms with Crippen molar-refractivity contribution in [3.8, 4) is 0 Å². The van der Waals surface area contributed by atoms with Crippen LogP contribution < -0.4 is 0 Å². The Hall–Kier alpha value is -1.34. The molecule has 0 spiro atoms. The fourth-order valence-electron chi connectivity index (χ4n) is 1.72. The molecule has 0 aliphatic rings. The number of aryl methyl sites for hydroxylation is 1. The predicted octanol–water partition coefficient (Wildman–Crippen LogP) is 3.94. The summed E-state index contributed by atoms with van der Waals surface area (Å²) >= 11 is 0. The molecule has 86 valence electrons. The van der Waals surface area contributed by atoms with Crippen LogP contribution in [-0.4, -0.2) is 5.11 Å². The first-order valence-electron chi connectivity index (χ1n) is 5.76. The zero-order valence-electron chi connectivity index (χ0n) is 10.3. The van der Waals surface area contributed by atoms with Gasteiger partial charge in [0.05, 0.1) is 0 Å². The molecule has 1 rings (SSSR count). The number of hydrogen-bond donors (Lipinski definition) is 1. The topological polar surface area (TPSA) is 20.2 Å². The monoisotopic (exact) mass is 216 g/mol. The highest BCUT2D eigenvalue weighted by Gasteiger charge is 2.12. The van der Waals surface area contributed by atoms with Crippen molar-refractivity contribution in [2.75, 3.05) is 0 Å². The van der Waals surface area contributed by atoms with Gasteiger partial charge in [-0.25, -0.2) is 0 Å². The van der Waals surface area contributed by atoms with E-state index in [4.69, 9.17) is 0 Å². The van der Waals surface area contributed by atoms with E-state index in [1.165, 1.54) is 0 Å². The highest BCUT2D eigenvalue weighted by atomic mass is 16.3. The summed E-state index contributed by atoms with van der Waals surface area (Å²) in [5.74, 6) is 0. The largest absolute Gasteiger partial charge is 0.384 e. The Morgan fingerprint density at radius 2 is 2.06 bits per heavy atom. The molecule has 0 saturated heterocycles. The molecule has 0 aliphatic carbocycles. The summed E-state index contributed by atoms with van der Waals surface area (Å²) < 4.78 is 0. The minimum Gasteiger partial charge on any atom is -0.384 e. The zero-order chi connectivity index (χ0) is 12.0. The van der Waals surface area contributed by atoms with Crippen LogP contribution in [0.3, 0.4) is 0 Å². The van der Waals surface area contributed by atoms with Crippen molar-refractivity contribution in [3.05, 3.63) is 59.2 Å². The molecule has 1 unspecified atom stereocenters. The van der Waals surface area contributed by atoms with Crippen molar-refractivity contribution in [1.29, 1.82) is 0 Å². The molecule has 0 fully saturated rings. The molecule has 1 N–H and O–H groups in total. The van der Waals surface area contributed by atoms with Crippen LogP contribution in [0, 0.1) is 6.92 Å². The Labute approximate surface area is 98.1 Å². The first-order chi connectivity index (χ1) is 7.70. The molecule has 16 heavy (non-hydrogen) atoms. The van der Waals surface area contributed by atoms with Crippen LogP contribution in [-0.2, 0) is 0 Å². The molecule has 0 aliphatic heterocycles. The van der Waals surface area contributed by atoms with Gasteiger partial charge in [0.25, 0.3) is 0 Å². The van der Waals surface area contributed by atoms with E-state index in [2.05, 4.69) is 6.92 Å².